The van der Waals surface area contributed by atoms with Crippen LogP contribution in [0.15, 0.2) is 47.4 Å². The SMILES string of the molecule is COC(=O)c1cc([N+](=O)[O-])ccc1N1CCN(S(=O)(=O)c2ccccc2C#N)CC1. The average Bonchev–Trinajstić information content (AvgIpc) is 2.78. The molecule has 0 unspecified atom stereocenters. The molecule has 1 heterocycles. The van der Waals surface area contributed by atoms with Crippen LogP contribution in [0.25, 0.3) is 0 Å². The third kappa shape index (κ3) is 3.96. The summed E-state index contributed by atoms with van der Waals surface area (Å²) in [7, 11) is -2.67. The maximum atomic E-state index is 13.0. The monoisotopic (exact) mass is 430 g/mol. The number of esters is 1. The lowest BCUT2D eigenvalue weighted by atomic mass is 10.1. The molecule has 0 radical (unpaired) electrons. The Kier molecular flexibility index (Phi) is 6.00. The Bertz CT molecular complexity index is 1130. The van der Waals surface area contributed by atoms with Crippen LogP contribution >= 0.6 is 0 Å². The normalized spacial score (nSPS) is 14.7. The number of nitrogens with zero attached hydrogens (tertiary/aromatic N) is 4. The quantitative estimate of drug-likeness (QED) is 0.398. The van der Waals surface area contributed by atoms with Crippen molar-refractivity contribution in [2.45, 2.75) is 4.90 Å². The Balaban J connectivity index is 1.85. The highest BCUT2D eigenvalue weighted by Gasteiger charge is 2.31. The minimum absolute atomic E-state index is 0.0397. The van der Waals surface area contributed by atoms with Crippen LogP contribution in [-0.4, -0.2) is 56.9 Å². The molecule has 0 spiro atoms. The summed E-state index contributed by atoms with van der Waals surface area (Å²) in [4.78, 5) is 24.3. The lowest BCUT2D eigenvalue weighted by Gasteiger charge is -2.36. The first-order valence-corrected chi connectivity index (χ1v) is 10.3. The second-order valence-corrected chi connectivity index (χ2v) is 8.36. The molecule has 2 aromatic carbocycles. The van der Waals surface area contributed by atoms with Gasteiger partial charge in [-0.25, -0.2) is 13.2 Å². The van der Waals surface area contributed by atoms with Gasteiger partial charge in [0.15, 0.2) is 0 Å². The van der Waals surface area contributed by atoms with Crippen LogP contribution in [0.2, 0.25) is 0 Å². The minimum atomic E-state index is -3.86. The van der Waals surface area contributed by atoms with Crippen LogP contribution in [0.1, 0.15) is 15.9 Å². The summed E-state index contributed by atoms with van der Waals surface area (Å²) in [5.41, 5.74) is 0.302. The van der Waals surface area contributed by atoms with Crippen molar-refractivity contribution < 1.29 is 22.9 Å². The van der Waals surface area contributed by atoms with E-state index >= 15 is 0 Å². The second-order valence-electron chi connectivity index (χ2n) is 6.45. The molecule has 0 saturated carbocycles. The Morgan fingerprint density at radius 3 is 2.43 bits per heavy atom. The summed E-state index contributed by atoms with van der Waals surface area (Å²) in [6, 6.07) is 11.8. The topological polar surface area (TPSA) is 134 Å². The van der Waals surface area contributed by atoms with Crippen molar-refractivity contribution in [1.29, 1.82) is 5.26 Å². The Morgan fingerprint density at radius 1 is 1.17 bits per heavy atom. The van der Waals surface area contributed by atoms with E-state index in [0.717, 1.165) is 6.07 Å². The number of piperazine rings is 1. The van der Waals surface area contributed by atoms with Gasteiger partial charge in [-0.2, -0.15) is 9.57 Å². The molecule has 11 heteroatoms. The number of carbonyl (C=O) groups is 1. The molecule has 2 aromatic rings. The fourth-order valence-electron chi connectivity index (χ4n) is 3.28. The molecular weight excluding hydrogens is 412 g/mol. The first kappa shape index (κ1) is 21.2. The molecule has 156 valence electrons. The van der Waals surface area contributed by atoms with Gasteiger partial charge in [0.05, 0.1) is 33.7 Å². The highest BCUT2D eigenvalue weighted by molar-refractivity contribution is 7.89. The third-order valence-electron chi connectivity index (χ3n) is 4.80. The van der Waals surface area contributed by atoms with Crippen molar-refractivity contribution in [2.75, 3.05) is 38.2 Å². The third-order valence-corrected chi connectivity index (χ3v) is 6.76. The van der Waals surface area contributed by atoms with E-state index in [1.54, 1.807) is 17.0 Å². The number of carbonyl (C=O) groups excluding carboxylic acids is 1. The molecule has 10 nitrogen and oxygen atoms in total. The molecule has 1 aliphatic rings. The standard InChI is InChI=1S/C19H18N4O6S/c1-29-19(24)16-12-15(23(25)26)6-7-17(16)21-8-10-22(11-9-21)30(27,28)18-5-3-2-4-14(18)13-20/h2-7,12H,8-11H2,1H3. The van der Waals surface area contributed by atoms with Gasteiger partial charge in [-0.3, -0.25) is 10.1 Å². The van der Waals surface area contributed by atoms with Gasteiger partial charge in [0.2, 0.25) is 10.0 Å². The largest absolute Gasteiger partial charge is 0.465 e. The number of nitriles is 1. The van der Waals surface area contributed by atoms with E-state index in [2.05, 4.69) is 0 Å². The number of hydrogen-bond donors (Lipinski definition) is 0. The zero-order valence-corrected chi connectivity index (χ0v) is 16.8. The van der Waals surface area contributed by atoms with E-state index < -0.39 is 20.9 Å². The van der Waals surface area contributed by atoms with Crippen LogP contribution in [-0.2, 0) is 14.8 Å². The fraction of sp³-hybridized carbons (Fsp3) is 0.263. The van der Waals surface area contributed by atoms with Crippen molar-refractivity contribution in [3.05, 3.63) is 63.7 Å². The summed E-state index contributed by atoms with van der Waals surface area (Å²) in [6.07, 6.45) is 0. The summed E-state index contributed by atoms with van der Waals surface area (Å²) in [5.74, 6) is -0.716. The molecule has 30 heavy (non-hydrogen) atoms. The summed E-state index contributed by atoms with van der Waals surface area (Å²) >= 11 is 0. The Hall–Kier alpha value is -3.49. The van der Waals surface area contributed by atoms with Crippen molar-refractivity contribution in [3.63, 3.8) is 0 Å². The first-order valence-electron chi connectivity index (χ1n) is 8.90. The van der Waals surface area contributed by atoms with Gasteiger partial charge in [-0.1, -0.05) is 12.1 Å². The number of benzene rings is 2. The number of hydrogen-bond acceptors (Lipinski definition) is 8. The minimum Gasteiger partial charge on any atom is -0.465 e. The first-order chi connectivity index (χ1) is 14.3. The average molecular weight is 430 g/mol. The van der Waals surface area contributed by atoms with Crippen molar-refractivity contribution in [1.82, 2.24) is 4.31 Å². The zero-order valence-electron chi connectivity index (χ0n) is 16.0. The van der Waals surface area contributed by atoms with Gasteiger partial charge in [-0.05, 0) is 18.2 Å². The van der Waals surface area contributed by atoms with Gasteiger partial charge in [-0.15, -0.1) is 0 Å². The van der Waals surface area contributed by atoms with Gasteiger partial charge in [0.1, 0.15) is 6.07 Å². The number of methoxy groups -OCH3 is 1. The van der Waals surface area contributed by atoms with E-state index in [4.69, 9.17) is 4.74 Å². The maximum Gasteiger partial charge on any atom is 0.340 e. The van der Waals surface area contributed by atoms with Gasteiger partial charge >= 0.3 is 5.97 Å². The van der Waals surface area contributed by atoms with Gasteiger partial charge in [0.25, 0.3) is 5.69 Å². The highest BCUT2D eigenvalue weighted by Crippen LogP contribution is 2.28. The number of rotatable bonds is 5. The van der Waals surface area contributed by atoms with Gasteiger partial charge in [0, 0.05) is 38.3 Å². The van der Waals surface area contributed by atoms with Crippen molar-refractivity contribution >= 4 is 27.4 Å². The number of ether oxygens (including phenoxy) is 1. The molecular formula is C19H18N4O6S. The van der Waals surface area contributed by atoms with Crippen LogP contribution in [0.4, 0.5) is 11.4 Å². The zero-order chi connectivity index (χ0) is 21.9. The van der Waals surface area contributed by atoms with E-state index in [1.165, 1.54) is 35.7 Å². The molecule has 0 aliphatic carbocycles. The Morgan fingerprint density at radius 2 is 1.83 bits per heavy atom. The number of nitro groups is 1. The lowest BCUT2D eigenvalue weighted by molar-refractivity contribution is -0.384. The Labute approximate surface area is 173 Å². The van der Waals surface area contributed by atoms with Crippen molar-refractivity contribution in [3.8, 4) is 6.07 Å². The molecule has 0 bridgehead atoms. The molecule has 0 atom stereocenters. The second kappa shape index (κ2) is 8.48. The predicted octanol–water partition coefficient (Wildman–Crippen LogP) is 1.76. The highest BCUT2D eigenvalue weighted by atomic mass is 32.2. The molecule has 3 rings (SSSR count). The number of anilines is 1. The van der Waals surface area contributed by atoms with Gasteiger partial charge < -0.3 is 9.64 Å². The van der Waals surface area contributed by atoms with Crippen LogP contribution in [0.5, 0.6) is 0 Å². The summed E-state index contributed by atoms with van der Waals surface area (Å²) in [6.45, 7) is 0.769. The van der Waals surface area contributed by atoms with E-state index in [1.807, 2.05) is 6.07 Å². The molecule has 1 saturated heterocycles. The molecule has 0 amide bonds. The van der Waals surface area contributed by atoms with E-state index in [0.29, 0.717) is 5.69 Å². The van der Waals surface area contributed by atoms with E-state index in [9.17, 15) is 28.6 Å². The lowest BCUT2D eigenvalue weighted by Crippen LogP contribution is -2.49. The molecule has 1 fully saturated rings. The summed E-state index contributed by atoms with van der Waals surface area (Å²) in [5, 5.41) is 20.2. The van der Waals surface area contributed by atoms with Crippen molar-refractivity contribution in [2.24, 2.45) is 0 Å². The number of sulfonamides is 1. The fourth-order valence-corrected chi connectivity index (χ4v) is 4.84. The maximum absolute atomic E-state index is 13.0. The molecule has 0 aromatic heterocycles. The van der Waals surface area contributed by atoms with E-state index in [-0.39, 0.29) is 47.9 Å². The number of non-ortho nitro benzene ring substituents is 1. The van der Waals surface area contributed by atoms with Crippen LogP contribution in [0, 0.1) is 21.4 Å². The van der Waals surface area contributed by atoms with Crippen LogP contribution < -0.4 is 4.90 Å². The summed E-state index contributed by atoms with van der Waals surface area (Å²) < 4.78 is 31.9. The van der Waals surface area contributed by atoms with Crippen LogP contribution in [0.3, 0.4) is 0 Å². The number of nitro benzene ring substituents is 1. The molecule has 1 aliphatic heterocycles. The smallest absolute Gasteiger partial charge is 0.340 e. The molecule has 0 N–H and O–H groups in total. The predicted molar refractivity (Wildman–Crippen MR) is 107 cm³/mol.